The molecule has 1 aromatic rings. The van der Waals surface area contributed by atoms with Crippen molar-refractivity contribution in [2.24, 2.45) is 5.92 Å². The smallest absolute Gasteiger partial charge is 0.162 e. The molecule has 0 amide bonds. The first-order valence-electron chi connectivity index (χ1n) is 6.69. The molecule has 1 saturated carbocycles. The monoisotopic (exact) mass is 250 g/mol. The van der Waals surface area contributed by atoms with E-state index in [9.17, 15) is 8.78 Å². The number of hydrogen-bond acceptors (Lipinski definition) is 0. The molecule has 0 spiro atoms. The van der Waals surface area contributed by atoms with Crippen molar-refractivity contribution in [2.45, 2.75) is 44.9 Å². The van der Waals surface area contributed by atoms with Gasteiger partial charge in [-0.25, -0.2) is 8.78 Å². The molecule has 0 bridgehead atoms. The van der Waals surface area contributed by atoms with Gasteiger partial charge in [0.1, 0.15) is 0 Å². The van der Waals surface area contributed by atoms with E-state index >= 15 is 0 Å². The SMILES string of the molecule is C=CCC1CCC(c2ccc(C)c(F)c2F)CC1. The fourth-order valence-electron chi connectivity index (χ4n) is 2.92. The zero-order valence-electron chi connectivity index (χ0n) is 10.9. The third kappa shape index (κ3) is 2.63. The highest BCUT2D eigenvalue weighted by molar-refractivity contribution is 5.28. The van der Waals surface area contributed by atoms with Crippen LogP contribution in [0.4, 0.5) is 8.78 Å². The van der Waals surface area contributed by atoms with E-state index in [2.05, 4.69) is 6.58 Å². The van der Waals surface area contributed by atoms with Crippen LogP contribution in [0.1, 0.15) is 49.1 Å². The number of benzene rings is 1. The van der Waals surface area contributed by atoms with Gasteiger partial charge < -0.3 is 0 Å². The Labute approximate surface area is 108 Å². The molecule has 0 aliphatic heterocycles. The van der Waals surface area contributed by atoms with Gasteiger partial charge >= 0.3 is 0 Å². The molecule has 0 nitrogen and oxygen atoms in total. The highest BCUT2D eigenvalue weighted by atomic mass is 19.2. The number of allylic oxidation sites excluding steroid dienone is 1. The van der Waals surface area contributed by atoms with Crippen LogP contribution in [0.2, 0.25) is 0 Å². The second kappa shape index (κ2) is 5.64. The van der Waals surface area contributed by atoms with Crippen LogP contribution in [0.3, 0.4) is 0 Å². The Kier molecular flexibility index (Phi) is 4.15. The topological polar surface area (TPSA) is 0 Å². The molecule has 0 radical (unpaired) electrons. The maximum Gasteiger partial charge on any atom is 0.162 e. The molecule has 2 heteroatoms. The molecule has 0 saturated heterocycles. The highest BCUT2D eigenvalue weighted by Crippen LogP contribution is 2.38. The highest BCUT2D eigenvalue weighted by Gasteiger charge is 2.25. The van der Waals surface area contributed by atoms with E-state index in [0.717, 1.165) is 32.1 Å². The standard InChI is InChI=1S/C16H20F2/c1-3-4-12-6-8-13(9-7-12)14-10-5-11(2)15(17)16(14)18/h3,5,10,12-13H,1,4,6-9H2,2H3. The zero-order valence-corrected chi connectivity index (χ0v) is 10.9. The molecule has 0 aromatic heterocycles. The third-order valence-electron chi connectivity index (χ3n) is 4.09. The van der Waals surface area contributed by atoms with Crippen LogP contribution >= 0.6 is 0 Å². The van der Waals surface area contributed by atoms with Gasteiger partial charge in [-0.05, 0) is 62.0 Å². The van der Waals surface area contributed by atoms with E-state index in [1.165, 1.54) is 0 Å². The van der Waals surface area contributed by atoms with Gasteiger partial charge in [0.15, 0.2) is 11.6 Å². The average Bonchev–Trinajstić information content (AvgIpc) is 2.38. The molecule has 18 heavy (non-hydrogen) atoms. The number of halogens is 2. The summed E-state index contributed by atoms with van der Waals surface area (Å²) in [5.74, 6) is -0.457. The third-order valence-corrected chi connectivity index (χ3v) is 4.09. The lowest BCUT2D eigenvalue weighted by atomic mass is 9.77. The molecule has 0 N–H and O–H groups in total. The average molecular weight is 250 g/mol. The lowest BCUT2D eigenvalue weighted by Crippen LogP contribution is -2.14. The fourth-order valence-corrected chi connectivity index (χ4v) is 2.92. The van der Waals surface area contributed by atoms with Gasteiger partial charge in [0.2, 0.25) is 0 Å². The van der Waals surface area contributed by atoms with Crippen LogP contribution in [-0.2, 0) is 0 Å². The van der Waals surface area contributed by atoms with Crippen LogP contribution in [0.25, 0.3) is 0 Å². The Morgan fingerprint density at radius 1 is 1.17 bits per heavy atom. The van der Waals surface area contributed by atoms with Crippen LogP contribution < -0.4 is 0 Å². The predicted octanol–water partition coefficient (Wildman–Crippen LogP) is 5.12. The molecule has 1 aliphatic rings. The Hall–Kier alpha value is -1.18. The summed E-state index contributed by atoms with van der Waals surface area (Å²) in [6, 6.07) is 3.44. The van der Waals surface area contributed by atoms with Crippen molar-refractivity contribution in [3.8, 4) is 0 Å². The lowest BCUT2D eigenvalue weighted by Gasteiger charge is -2.28. The zero-order chi connectivity index (χ0) is 13.1. The van der Waals surface area contributed by atoms with E-state index in [1.807, 2.05) is 6.08 Å². The van der Waals surface area contributed by atoms with Gasteiger partial charge in [-0.1, -0.05) is 18.2 Å². The fraction of sp³-hybridized carbons (Fsp3) is 0.500. The quantitative estimate of drug-likeness (QED) is 0.653. The summed E-state index contributed by atoms with van der Waals surface area (Å²) < 4.78 is 27.5. The van der Waals surface area contributed by atoms with E-state index < -0.39 is 11.6 Å². The minimum Gasteiger partial charge on any atom is -0.203 e. The van der Waals surface area contributed by atoms with Crippen molar-refractivity contribution in [2.75, 3.05) is 0 Å². The maximum atomic E-state index is 13.9. The summed E-state index contributed by atoms with van der Waals surface area (Å²) in [4.78, 5) is 0. The number of rotatable bonds is 3. The number of aryl methyl sites for hydroxylation is 1. The molecular formula is C16H20F2. The summed E-state index contributed by atoms with van der Waals surface area (Å²) in [5.41, 5.74) is 0.951. The van der Waals surface area contributed by atoms with E-state index in [1.54, 1.807) is 19.1 Å². The van der Waals surface area contributed by atoms with Crippen LogP contribution in [0.5, 0.6) is 0 Å². The number of hydrogen-bond donors (Lipinski definition) is 0. The maximum absolute atomic E-state index is 13.9. The summed E-state index contributed by atoms with van der Waals surface area (Å²) in [6.45, 7) is 5.36. The molecule has 2 rings (SSSR count). The molecule has 98 valence electrons. The van der Waals surface area contributed by atoms with Gasteiger partial charge in [0, 0.05) is 0 Å². The first-order valence-corrected chi connectivity index (χ1v) is 6.69. The molecule has 0 atom stereocenters. The Morgan fingerprint density at radius 2 is 1.83 bits per heavy atom. The summed E-state index contributed by atoms with van der Waals surface area (Å²) in [7, 11) is 0. The Bertz CT molecular complexity index is 429. The van der Waals surface area contributed by atoms with Crippen molar-refractivity contribution >= 4 is 0 Å². The van der Waals surface area contributed by atoms with Gasteiger partial charge in [0.25, 0.3) is 0 Å². The van der Waals surface area contributed by atoms with E-state index in [-0.39, 0.29) is 5.92 Å². The van der Waals surface area contributed by atoms with E-state index in [0.29, 0.717) is 17.0 Å². The summed E-state index contributed by atoms with van der Waals surface area (Å²) in [5, 5.41) is 0. The Morgan fingerprint density at radius 3 is 2.44 bits per heavy atom. The summed E-state index contributed by atoms with van der Waals surface area (Å²) in [6.07, 6.45) is 7.09. The Balaban J connectivity index is 2.10. The predicted molar refractivity (Wildman–Crippen MR) is 70.6 cm³/mol. The molecule has 1 fully saturated rings. The van der Waals surface area contributed by atoms with Gasteiger partial charge in [-0.15, -0.1) is 6.58 Å². The summed E-state index contributed by atoms with van der Waals surface area (Å²) >= 11 is 0. The normalized spacial score (nSPS) is 23.9. The largest absolute Gasteiger partial charge is 0.203 e. The van der Waals surface area contributed by atoms with Gasteiger partial charge in [-0.2, -0.15) is 0 Å². The van der Waals surface area contributed by atoms with Crippen LogP contribution in [0, 0.1) is 24.5 Å². The molecule has 0 heterocycles. The molecule has 1 aromatic carbocycles. The second-order valence-corrected chi connectivity index (χ2v) is 5.34. The molecular weight excluding hydrogens is 230 g/mol. The first-order chi connectivity index (χ1) is 8.63. The molecule has 1 aliphatic carbocycles. The lowest BCUT2D eigenvalue weighted by molar-refractivity contribution is 0.321. The molecule has 0 unspecified atom stereocenters. The van der Waals surface area contributed by atoms with Crippen molar-refractivity contribution < 1.29 is 8.78 Å². The van der Waals surface area contributed by atoms with Crippen molar-refractivity contribution in [3.05, 3.63) is 47.5 Å². The van der Waals surface area contributed by atoms with Crippen molar-refractivity contribution in [1.82, 2.24) is 0 Å². The van der Waals surface area contributed by atoms with Crippen molar-refractivity contribution in [1.29, 1.82) is 0 Å². The minimum atomic E-state index is -0.680. The van der Waals surface area contributed by atoms with Crippen LogP contribution in [0.15, 0.2) is 24.8 Å². The van der Waals surface area contributed by atoms with Crippen molar-refractivity contribution in [3.63, 3.8) is 0 Å². The van der Waals surface area contributed by atoms with Gasteiger partial charge in [-0.3, -0.25) is 0 Å². The van der Waals surface area contributed by atoms with Gasteiger partial charge in [0.05, 0.1) is 0 Å². The second-order valence-electron chi connectivity index (χ2n) is 5.34. The first kappa shape index (κ1) is 13.3. The minimum absolute atomic E-state index is 0.182. The van der Waals surface area contributed by atoms with E-state index in [4.69, 9.17) is 0 Å². The van der Waals surface area contributed by atoms with Crippen LogP contribution in [-0.4, -0.2) is 0 Å².